The van der Waals surface area contributed by atoms with Gasteiger partial charge in [0.25, 0.3) is 0 Å². The molecule has 0 aliphatic rings. The molecule has 0 fully saturated rings. The van der Waals surface area contributed by atoms with E-state index in [0.29, 0.717) is 6.42 Å². The van der Waals surface area contributed by atoms with Crippen molar-refractivity contribution in [1.82, 2.24) is 0 Å². The van der Waals surface area contributed by atoms with Crippen LogP contribution in [0.4, 0.5) is 5.69 Å². The fourth-order valence-corrected chi connectivity index (χ4v) is 8.88. The molecular formula is C39H34NOP. The van der Waals surface area contributed by atoms with Gasteiger partial charge in [0.2, 0.25) is 0 Å². The summed E-state index contributed by atoms with van der Waals surface area (Å²) in [4.78, 5) is 0. The average Bonchev–Trinajstić information content (AvgIpc) is 3.04. The fourth-order valence-electron chi connectivity index (χ4n) is 5.97. The molecule has 2 nitrogen and oxygen atoms in total. The molecule has 0 atom stereocenters. The smallest absolute Gasteiger partial charge is 0.171 e. The molecule has 206 valence electrons. The van der Waals surface area contributed by atoms with Gasteiger partial charge in [-0.25, -0.2) is 0 Å². The molecule has 2 N–H and O–H groups in total. The number of hydrogen-bond acceptors (Lipinski definition) is 2. The van der Waals surface area contributed by atoms with Crippen LogP contribution in [0.25, 0.3) is 28.0 Å². The molecule has 42 heavy (non-hydrogen) atoms. The summed E-state index contributed by atoms with van der Waals surface area (Å²) in [5.74, 6) is 0. The van der Waals surface area contributed by atoms with Crippen LogP contribution in [0.5, 0.6) is 0 Å². The lowest BCUT2D eigenvalue weighted by Gasteiger charge is -2.25. The Balaban J connectivity index is 1.73. The zero-order valence-corrected chi connectivity index (χ0v) is 24.9. The molecular weight excluding hydrogens is 529 g/mol. The van der Waals surface area contributed by atoms with Gasteiger partial charge in [0.1, 0.15) is 0 Å². The second-order valence-corrected chi connectivity index (χ2v) is 13.4. The van der Waals surface area contributed by atoms with Crippen molar-refractivity contribution in [1.29, 1.82) is 0 Å². The van der Waals surface area contributed by atoms with E-state index in [0.717, 1.165) is 60.2 Å². The Morgan fingerprint density at radius 1 is 0.690 bits per heavy atom. The van der Waals surface area contributed by atoms with Crippen molar-refractivity contribution in [3.8, 4) is 11.1 Å². The Bertz CT molecular complexity index is 1900. The normalized spacial score (nSPS) is 11.8. The van der Waals surface area contributed by atoms with E-state index in [-0.39, 0.29) is 0 Å². The summed E-state index contributed by atoms with van der Waals surface area (Å²) < 4.78 is 15.7. The van der Waals surface area contributed by atoms with Crippen molar-refractivity contribution < 1.29 is 4.57 Å². The SMILES string of the molecule is C/C=C\c1ccc(-c2c(Cc3ccccc3)cc(P(=O)(c3ccccc3)c3ccccc3)c3ccccc23)c(N)c1C. The van der Waals surface area contributed by atoms with Crippen LogP contribution in [0.1, 0.15) is 29.2 Å². The van der Waals surface area contributed by atoms with E-state index in [1.165, 1.54) is 5.56 Å². The number of fused-ring (bicyclic) bond motifs is 1. The lowest BCUT2D eigenvalue weighted by Crippen LogP contribution is -2.26. The molecule has 0 aliphatic heterocycles. The van der Waals surface area contributed by atoms with E-state index in [4.69, 9.17) is 5.73 Å². The van der Waals surface area contributed by atoms with E-state index in [1.807, 2.05) is 85.8 Å². The Morgan fingerprint density at radius 3 is 1.83 bits per heavy atom. The first kappa shape index (κ1) is 27.5. The number of benzene rings is 6. The molecule has 0 saturated heterocycles. The predicted molar refractivity (Wildman–Crippen MR) is 182 cm³/mol. The average molecular weight is 564 g/mol. The minimum atomic E-state index is -3.24. The lowest BCUT2D eigenvalue weighted by atomic mass is 9.87. The monoisotopic (exact) mass is 563 g/mol. The Labute approximate surface area is 248 Å². The number of nitrogens with two attached hydrogens (primary N) is 1. The zero-order valence-electron chi connectivity index (χ0n) is 24.0. The number of nitrogen functional groups attached to an aromatic ring is 1. The predicted octanol–water partition coefficient (Wildman–Crippen LogP) is 8.66. The van der Waals surface area contributed by atoms with Gasteiger partial charge in [-0.15, -0.1) is 0 Å². The second kappa shape index (κ2) is 11.7. The number of hydrogen-bond donors (Lipinski definition) is 1. The molecule has 0 heterocycles. The van der Waals surface area contributed by atoms with Crippen LogP contribution in [0, 0.1) is 6.92 Å². The fraction of sp³-hybridized carbons (Fsp3) is 0.0769. The summed E-state index contributed by atoms with van der Waals surface area (Å²) in [7, 11) is -3.24. The molecule has 0 saturated carbocycles. The first-order valence-corrected chi connectivity index (χ1v) is 16.1. The Morgan fingerprint density at radius 2 is 1.24 bits per heavy atom. The third-order valence-electron chi connectivity index (χ3n) is 8.09. The molecule has 6 aromatic carbocycles. The van der Waals surface area contributed by atoms with Crippen molar-refractivity contribution >= 4 is 45.6 Å². The minimum absolute atomic E-state index is 0.687. The van der Waals surface area contributed by atoms with Crippen LogP contribution < -0.4 is 21.6 Å². The van der Waals surface area contributed by atoms with E-state index in [9.17, 15) is 0 Å². The van der Waals surface area contributed by atoms with Gasteiger partial charge in [0.15, 0.2) is 7.14 Å². The van der Waals surface area contributed by atoms with Crippen molar-refractivity contribution in [2.75, 3.05) is 5.73 Å². The lowest BCUT2D eigenvalue weighted by molar-refractivity contribution is 0.592. The summed E-state index contributed by atoms with van der Waals surface area (Å²) >= 11 is 0. The van der Waals surface area contributed by atoms with Crippen molar-refractivity contribution in [3.63, 3.8) is 0 Å². The second-order valence-electron chi connectivity index (χ2n) is 10.7. The van der Waals surface area contributed by atoms with Gasteiger partial charge in [-0.2, -0.15) is 0 Å². The van der Waals surface area contributed by atoms with Gasteiger partial charge < -0.3 is 10.3 Å². The van der Waals surface area contributed by atoms with Crippen LogP contribution in [-0.2, 0) is 11.0 Å². The maximum Gasteiger partial charge on any atom is 0.171 e. The quantitative estimate of drug-likeness (QED) is 0.156. The van der Waals surface area contributed by atoms with Crippen LogP contribution in [0.15, 0.2) is 140 Å². The molecule has 3 heteroatoms. The van der Waals surface area contributed by atoms with Gasteiger partial charge in [-0.3, -0.25) is 0 Å². The summed E-state index contributed by atoms with van der Waals surface area (Å²) in [6, 6.07) is 45.1. The molecule has 0 unspecified atom stereocenters. The Kier molecular flexibility index (Phi) is 7.66. The maximum atomic E-state index is 15.7. The van der Waals surface area contributed by atoms with Crippen molar-refractivity contribution in [2.24, 2.45) is 0 Å². The highest BCUT2D eigenvalue weighted by atomic mass is 31.2. The minimum Gasteiger partial charge on any atom is -0.398 e. The Hall–Kier alpha value is -4.65. The van der Waals surface area contributed by atoms with Gasteiger partial charge in [0, 0.05) is 27.2 Å². The molecule has 0 bridgehead atoms. The largest absolute Gasteiger partial charge is 0.398 e. The molecule has 0 amide bonds. The van der Waals surface area contributed by atoms with E-state index in [2.05, 4.69) is 73.7 Å². The van der Waals surface area contributed by atoms with E-state index in [1.54, 1.807) is 0 Å². The summed E-state index contributed by atoms with van der Waals surface area (Å²) in [5.41, 5.74) is 14.3. The van der Waals surface area contributed by atoms with Gasteiger partial charge in [0.05, 0.1) is 0 Å². The number of rotatable bonds is 7. The highest BCUT2D eigenvalue weighted by Crippen LogP contribution is 2.47. The highest BCUT2D eigenvalue weighted by Gasteiger charge is 2.33. The first-order valence-electron chi connectivity index (χ1n) is 14.3. The van der Waals surface area contributed by atoms with E-state index >= 15 is 4.57 Å². The third-order valence-corrected chi connectivity index (χ3v) is 11.2. The third kappa shape index (κ3) is 4.89. The summed E-state index contributed by atoms with van der Waals surface area (Å²) in [6.07, 6.45) is 4.82. The number of allylic oxidation sites excluding steroid dienone is 1. The van der Waals surface area contributed by atoms with Crippen LogP contribution >= 0.6 is 7.14 Å². The molecule has 0 aromatic heterocycles. The number of anilines is 1. The molecule has 0 spiro atoms. The van der Waals surface area contributed by atoms with Gasteiger partial charge in [-0.1, -0.05) is 140 Å². The molecule has 6 rings (SSSR count). The van der Waals surface area contributed by atoms with Crippen LogP contribution in [0.3, 0.4) is 0 Å². The molecule has 6 aromatic rings. The highest BCUT2D eigenvalue weighted by molar-refractivity contribution is 7.85. The van der Waals surface area contributed by atoms with Crippen molar-refractivity contribution in [3.05, 3.63) is 162 Å². The first-order chi connectivity index (χ1) is 20.5. The molecule has 0 aliphatic carbocycles. The van der Waals surface area contributed by atoms with Crippen LogP contribution in [-0.4, -0.2) is 0 Å². The van der Waals surface area contributed by atoms with Gasteiger partial charge in [-0.05, 0) is 64.9 Å². The van der Waals surface area contributed by atoms with E-state index < -0.39 is 7.14 Å². The zero-order chi connectivity index (χ0) is 29.1. The topological polar surface area (TPSA) is 43.1 Å². The van der Waals surface area contributed by atoms with Crippen molar-refractivity contribution in [2.45, 2.75) is 20.3 Å². The summed E-state index contributed by atoms with van der Waals surface area (Å²) in [5, 5.41) is 4.54. The molecule has 0 radical (unpaired) electrons. The van der Waals surface area contributed by atoms with Gasteiger partial charge >= 0.3 is 0 Å². The summed E-state index contributed by atoms with van der Waals surface area (Å²) in [6.45, 7) is 4.10. The van der Waals surface area contributed by atoms with Crippen LogP contribution in [0.2, 0.25) is 0 Å². The standard InChI is InChI=1S/C39H34NOP/c1-3-15-30-24-25-36(39(40)28(30)2)38-31(26-29-16-7-4-8-17-29)27-37(34-22-13-14-23-35(34)38)42(41,32-18-9-5-10-19-32)33-20-11-6-12-21-33/h3-25,27H,26,40H2,1-2H3/b15-3-. The maximum absolute atomic E-state index is 15.7.